The fraction of sp³-hybridized carbons (Fsp3) is 0.182. The van der Waals surface area contributed by atoms with E-state index in [2.05, 4.69) is 5.32 Å². The zero-order valence-corrected chi connectivity index (χ0v) is 9.29. The number of rotatable bonds is 5. The fourth-order valence-corrected chi connectivity index (χ4v) is 1.19. The summed E-state index contributed by atoms with van der Waals surface area (Å²) in [4.78, 5) is 32.8. The van der Waals surface area contributed by atoms with E-state index in [0.29, 0.717) is 0 Å². The predicted octanol–water partition coefficient (Wildman–Crippen LogP) is -1.04. The van der Waals surface area contributed by atoms with Crippen molar-refractivity contribution < 1.29 is 24.6 Å². The number of carboxylic acids is 1. The average Bonchev–Trinajstić information content (AvgIpc) is 2.35. The van der Waals surface area contributed by atoms with Crippen molar-refractivity contribution in [1.29, 1.82) is 0 Å². The Morgan fingerprint density at radius 1 is 1.28 bits per heavy atom. The number of aliphatic carboxylic acids is 1. The van der Waals surface area contributed by atoms with E-state index in [4.69, 9.17) is 15.9 Å². The van der Waals surface area contributed by atoms with Crippen LogP contribution in [-0.4, -0.2) is 40.6 Å². The van der Waals surface area contributed by atoms with Crippen LogP contribution in [0.3, 0.4) is 0 Å². The Balaban J connectivity index is 2.70. The number of aliphatic hydroxyl groups is 1. The van der Waals surface area contributed by atoms with E-state index in [1.165, 1.54) is 24.3 Å². The molecular formula is C11H12N2O5. The van der Waals surface area contributed by atoms with Crippen molar-refractivity contribution in [2.45, 2.75) is 6.10 Å². The molecule has 7 heteroatoms. The number of hydrogen-bond donors (Lipinski definition) is 4. The summed E-state index contributed by atoms with van der Waals surface area (Å²) in [5.41, 5.74) is 5.38. The summed E-state index contributed by atoms with van der Waals surface area (Å²) in [6.07, 6.45) is -1.67. The number of nitrogens with one attached hydrogen (secondary N) is 1. The van der Waals surface area contributed by atoms with Gasteiger partial charge in [0.2, 0.25) is 5.91 Å². The van der Waals surface area contributed by atoms with Gasteiger partial charge in [0.15, 0.2) is 6.10 Å². The van der Waals surface area contributed by atoms with Gasteiger partial charge in [0.1, 0.15) is 0 Å². The molecule has 0 fully saturated rings. The molecule has 0 saturated carbocycles. The minimum atomic E-state index is -1.67. The number of amides is 2. The second-order valence-electron chi connectivity index (χ2n) is 3.51. The molecule has 0 radical (unpaired) electrons. The van der Waals surface area contributed by atoms with E-state index in [9.17, 15) is 14.4 Å². The summed E-state index contributed by atoms with van der Waals surface area (Å²) in [7, 11) is 0. The first-order valence-electron chi connectivity index (χ1n) is 5.00. The summed E-state index contributed by atoms with van der Waals surface area (Å²) < 4.78 is 0. The van der Waals surface area contributed by atoms with Crippen molar-refractivity contribution in [2.24, 2.45) is 5.73 Å². The number of carbonyl (C=O) groups excluding carboxylic acids is 2. The van der Waals surface area contributed by atoms with Crippen LogP contribution in [-0.2, 0) is 4.79 Å². The van der Waals surface area contributed by atoms with Gasteiger partial charge in [-0.2, -0.15) is 0 Å². The van der Waals surface area contributed by atoms with E-state index >= 15 is 0 Å². The van der Waals surface area contributed by atoms with Crippen molar-refractivity contribution in [3.8, 4) is 0 Å². The van der Waals surface area contributed by atoms with Crippen LogP contribution < -0.4 is 11.1 Å². The molecule has 1 atom stereocenters. The van der Waals surface area contributed by atoms with Crippen LogP contribution in [0.1, 0.15) is 20.7 Å². The third-order valence-corrected chi connectivity index (χ3v) is 2.15. The molecule has 0 unspecified atom stereocenters. The molecule has 0 aliphatic rings. The molecule has 0 heterocycles. The lowest BCUT2D eigenvalue weighted by atomic mass is 10.1. The Morgan fingerprint density at radius 3 is 2.44 bits per heavy atom. The molecule has 1 aromatic carbocycles. The average molecular weight is 252 g/mol. The van der Waals surface area contributed by atoms with Crippen LogP contribution in [0.5, 0.6) is 0 Å². The Hall–Kier alpha value is -2.41. The molecular weight excluding hydrogens is 240 g/mol. The minimum Gasteiger partial charge on any atom is -0.479 e. The number of hydrogen-bond acceptors (Lipinski definition) is 4. The normalized spacial score (nSPS) is 11.6. The largest absolute Gasteiger partial charge is 0.479 e. The highest BCUT2D eigenvalue weighted by Gasteiger charge is 2.15. The summed E-state index contributed by atoms with van der Waals surface area (Å²) in [6.45, 7) is -0.422. The van der Waals surface area contributed by atoms with Gasteiger partial charge in [-0.25, -0.2) is 4.79 Å². The molecule has 5 N–H and O–H groups in total. The summed E-state index contributed by atoms with van der Waals surface area (Å²) in [5, 5.41) is 19.6. The quantitative estimate of drug-likeness (QED) is 0.532. The first kappa shape index (κ1) is 13.7. The van der Waals surface area contributed by atoms with Crippen LogP contribution in [0.15, 0.2) is 24.3 Å². The number of benzene rings is 1. The molecule has 7 nitrogen and oxygen atoms in total. The monoisotopic (exact) mass is 252 g/mol. The highest BCUT2D eigenvalue weighted by molar-refractivity contribution is 5.99. The van der Waals surface area contributed by atoms with E-state index < -0.39 is 30.4 Å². The molecule has 0 aliphatic heterocycles. The van der Waals surface area contributed by atoms with Gasteiger partial charge in [-0.15, -0.1) is 0 Å². The van der Waals surface area contributed by atoms with Crippen molar-refractivity contribution in [2.75, 3.05) is 6.54 Å². The Bertz CT molecular complexity index is 486. The lowest BCUT2D eigenvalue weighted by Gasteiger charge is -2.08. The van der Waals surface area contributed by atoms with E-state index in [-0.39, 0.29) is 11.1 Å². The van der Waals surface area contributed by atoms with Gasteiger partial charge in [-0.05, 0) is 18.2 Å². The van der Waals surface area contributed by atoms with Gasteiger partial charge in [-0.1, -0.05) is 6.07 Å². The maximum Gasteiger partial charge on any atom is 0.334 e. The lowest BCUT2D eigenvalue weighted by Crippen LogP contribution is -2.36. The lowest BCUT2D eigenvalue weighted by molar-refractivity contribution is -0.146. The van der Waals surface area contributed by atoms with Crippen LogP contribution >= 0.6 is 0 Å². The first-order chi connectivity index (χ1) is 8.41. The summed E-state index contributed by atoms with van der Waals surface area (Å²) >= 11 is 0. The van der Waals surface area contributed by atoms with Crippen molar-refractivity contribution >= 4 is 17.8 Å². The van der Waals surface area contributed by atoms with Crippen LogP contribution in [0, 0.1) is 0 Å². The van der Waals surface area contributed by atoms with Gasteiger partial charge in [0, 0.05) is 11.1 Å². The Labute approximate surface area is 102 Å². The summed E-state index contributed by atoms with van der Waals surface area (Å²) in [6, 6.07) is 5.65. The molecule has 1 aromatic rings. The van der Waals surface area contributed by atoms with Crippen molar-refractivity contribution in [1.82, 2.24) is 5.32 Å². The van der Waals surface area contributed by atoms with Gasteiger partial charge >= 0.3 is 5.97 Å². The third kappa shape index (κ3) is 3.56. The number of carboxylic acid groups (broad SMARTS) is 1. The van der Waals surface area contributed by atoms with E-state index in [0.717, 1.165) is 0 Å². The second kappa shape index (κ2) is 5.78. The molecule has 0 aromatic heterocycles. The zero-order chi connectivity index (χ0) is 13.7. The van der Waals surface area contributed by atoms with E-state index in [1.54, 1.807) is 0 Å². The number of primary amides is 1. The molecule has 18 heavy (non-hydrogen) atoms. The molecule has 0 aliphatic carbocycles. The first-order valence-corrected chi connectivity index (χ1v) is 5.00. The zero-order valence-electron chi connectivity index (χ0n) is 9.29. The Morgan fingerprint density at radius 2 is 1.89 bits per heavy atom. The molecule has 2 amide bonds. The molecule has 1 rings (SSSR count). The standard InChI is InChI=1S/C11H12N2O5/c12-9(15)6-2-1-3-7(4-6)10(16)13-5-8(14)11(17)18/h1-4,8,14H,5H2,(H2,12,15)(H,13,16)(H,17,18)/t8-/m0/s1. The van der Waals surface area contributed by atoms with Gasteiger partial charge in [-0.3, -0.25) is 9.59 Å². The van der Waals surface area contributed by atoms with E-state index in [1.807, 2.05) is 0 Å². The van der Waals surface area contributed by atoms with Crippen LogP contribution in [0.25, 0.3) is 0 Å². The number of nitrogens with two attached hydrogens (primary N) is 1. The van der Waals surface area contributed by atoms with Crippen LogP contribution in [0.2, 0.25) is 0 Å². The number of carbonyl (C=O) groups is 3. The smallest absolute Gasteiger partial charge is 0.334 e. The highest BCUT2D eigenvalue weighted by atomic mass is 16.4. The SMILES string of the molecule is NC(=O)c1cccc(C(=O)NC[C@H](O)C(=O)O)c1. The maximum absolute atomic E-state index is 11.6. The van der Waals surface area contributed by atoms with Gasteiger partial charge < -0.3 is 21.3 Å². The van der Waals surface area contributed by atoms with Gasteiger partial charge in [0.05, 0.1) is 6.54 Å². The van der Waals surface area contributed by atoms with Crippen molar-refractivity contribution in [3.63, 3.8) is 0 Å². The Kier molecular flexibility index (Phi) is 4.39. The molecule has 0 saturated heterocycles. The predicted molar refractivity (Wildman–Crippen MR) is 60.9 cm³/mol. The summed E-state index contributed by atoms with van der Waals surface area (Å²) in [5.74, 6) is -2.70. The van der Waals surface area contributed by atoms with Crippen molar-refractivity contribution in [3.05, 3.63) is 35.4 Å². The molecule has 0 bridgehead atoms. The molecule has 96 valence electrons. The highest BCUT2D eigenvalue weighted by Crippen LogP contribution is 2.04. The number of aliphatic hydroxyl groups excluding tert-OH is 1. The molecule has 0 spiro atoms. The second-order valence-corrected chi connectivity index (χ2v) is 3.51. The fourth-order valence-electron chi connectivity index (χ4n) is 1.19. The minimum absolute atomic E-state index is 0.156. The topological polar surface area (TPSA) is 130 Å². The van der Waals surface area contributed by atoms with Crippen LogP contribution in [0.4, 0.5) is 0 Å². The van der Waals surface area contributed by atoms with Gasteiger partial charge in [0.25, 0.3) is 5.91 Å². The third-order valence-electron chi connectivity index (χ3n) is 2.15. The maximum atomic E-state index is 11.6.